The number of hydrogen-bond acceptors (Lipinski definition) is 6. The molecule has 0 unspecified atom stereocenters. The largest absolute Gasteiger partial charge is 0.481 e. The van der Waals surface area contributed by atoms with Crippen molar-refractivity contribution in [1.82, 2.24) is 19.8 Å². The predicted molar refractivity (Wildman–Crippen MR) is 94.9 cm³/mol. The SMILES string of the molecule is CN(C)CC(=O)N1C[C@H]2CN(c3cc(C4CC4)ncn3)C[C@@]2(C(=O)O)C1. The van der Waals surface area contributed by atoms with Gasteiger partial charge in [-0.05, 0) is 26.9 Å². The maximum absolute atomic E-state index is 12.4. The van der Waals surface area contributed by atoms with E-state index in [0.29, 0.717) is 32.1 Å². The summed E-state index contributed by atoms with van der Waals surface area (Å²) in [5.74, 6) is 0.441. The van der Waals surface area contributed by atoms with Crippen LogP contribution in [0.2, 0.25) is 0 Å². The molecule has 140 valence electrons. The predicted octanol–water partition coefficient (Wildman–Crippen LogP) is 0.265. The molecular weight excluding hydrogens is 334 g/mol. The van der Waals surface area contributed by atoms with Crippen molar-refractivity contribution in [1.29, 1.82) is 0 Å². The highest BCUT2D eigenvalue weighted by Gasteiger charge is 2.58. The van der Waals surface area contributed by atoms with Crippen molar-refractivity contribution >= 4 is 17.7 Å². The van der Waals surface area contributed by atoms with Gasteiger partial charge in [0.25, 0.3) is 0 Å². The lowest BCUT2D eigenvalue weighted by Crippen LogP contribution is -2.43. The van der Waals surface area contributed by atoms with Gasteiger partial charge in [-0.1, -0.05) is 0 Å². The third-order valence-electron chi connectivity index (χ3n) is 5.83. The molecule has 1 aromatic heterocycles. The van der Waals surface area contributed by atoms with Crippen LogP contribution < -0.4 is 4.90 Å². The van der Waals surface area contributed by atoms with Crippen molar-refractivity contribution in [2.45, 2.75) is 18.8 Å². The smallest absolute Gasteiger partial charge is 0.313 e. The Morgan fingerprint density at radius 1 is 1.27 bits per heavy atom. The number of amides is 1. The zero-order valence-corrected chi connectivity index (χ0v) is 15.3. The van der Waals surface area contributed by atoms with E-state index in [1.165, 1.54) is 12.8 Å². The zero-order chi connectivity index (χ0) is 18.5. The molecule has 0 spiro atoms. The Balaban J connectivity index is 1.52. The minimum atomic E-state index is -0.910. The van der Waals surface area contributed by atoms with Gasteiger partial charge in [-0.3, -0.25) is 9.59 Å². The Labute approximate surface area is 152 Å². The lowest BCUT2D eigenvalue weighted by Gasteiger charge is -2.26. The molecule has 1 saturated carbocycles. The highest BCUT2D eigenvalue weighted by atomic mass is 16.4. The topological polar surface area (TPSA) is 89.9 Å². The first-order valence-electron chi connectivity index (χ1n) is 9.12. The first-order chi connectivity index (χ1) is 12.4. The molecule has 1 aliphatic carbocycles. The van der Waals surface area contributed by atoms with E-state index in [1.807, 2.05) is 25.1 Å². The Morgan fingerprint density at radius 2 is 2.04 bits per heavy atom. The fraction of sp³-hybridized carbons (Fsp3) is 0.667. The molecule has 8 nitrogen and oxygen atoms in total. The zero-order valence-electron chi connectivity index (χ0n) is 15.3. The van der Waals surface area contributed by atoms with E-state index in [0.717, 1.165) is 11.5 Å². The van der Waals surface area contributed by atoms with Gasteiger partial charge in [-0.15, -0.1) is 0 Å². The van der Waals surface area contributed by atoms with Crippen LogP contribution in [0.1, 0.15) is 24.5 Å². The number of fused-ring (bicyclic) bond motifs is 1. The van der Waals surface area contributed by atoms with Crippen LogP contribution in [-0.2, 0) is 9.59 Å². The fourth-order valence-electron chi connectivity index (χ4n) is 4.24. The van der Waals surface area contributed by atoms with E-state index >= 15 is 0 Å². The molecule has 1 aromatic rings. The number of carbonyl (C=O) groups excluding carboxylic acids is 1. The molecule has 3 heterocycles. The van der Waals surface area contributed by atoms with Crippen molar-refractivity contribution in [3.05, 3.63) is 18.1 Å². The van der Waals surface area contributed by atoms with Crippen LogP contribution >= 0.6 is 0 Å². The molecule has 0 radical (unpaired) electrons. The molecule has 1 amide bonds. The Kier molecular flexibility index (Phi) is 4.10. The van der Waals surface area contributed by atoms with E-state index in [9.17, 15) is 14.7 Å². The average molecular weight is 359 g/mol. The van der Waals surface area contributed by atoms with Crippen LogP contribution in [0, 0.1) is 11.3 Å². The van der Waals surface area contributed by atoms with Gasteiger partial charge in [-0.25, -0.2) is 9.97 Å². The number of likely N-dealkylation sites (N-methyl/N-ethyl adjacent to an activating group) is 1. The van der Waals surface area contributed by atoms with Crippen molar-refractivity contribution < 1.29 is 14.7 Å². The van der Waals surface area contributed by atoms with Gasteiger partial charge < -0.3 is 19.8 Å². The standard InChI is InChI=1S/C18H25N5O3/c1-21(2)8-16(24)23-7-13-6-22(9-18(13,10-23)17(25)26)15-5-14(12-3-4-12)19-11-20-15/h5,11-13H,3-4,6-10H2,1-2H3,(H,25,26)/t13-,18-/m1/s1. The number of carboxylic acid groups (broad SMARTS) is 1. The Morgan fingerprint density at radius 3 is 2.65 bits per heavy atom. The van der Waals surface area contributed by atoms with Crippen LogP contribution in [0.3, 0.4) is 0 Å². The summed E-state index contributed by atoms with van der Waals surface area (Å²) in [5, 5.41) is 9.97. The summed E-state index contributed by atoms with van der Waals surface area (Å²) in [5.41, 5.74) is 0.145. The quantitative estimate of drug-likeness (QED) is 0.807. The van der Waals surface area contributed by atoms with E-state index in [2.05, 4.69) is 14.9 Å². The molecular formula is C18H25N5O3. The van der Waals surface area contributed by atoms with Gasteiger partial charge in [0, 0.05) is 49.8 Å². The number of carbonyl (C=O) groups is 2. The van der Waals surface area contributed by atoms with Gasteiger partial charge in [0.05, 0.1) is 6.54 Å². The van der Waals surface area contributed by atoms with Crippen LogP contribution in [0.5, 0.6) is 0 Å². The summed E-state index contributed by atoms with van der Waals surface area (Å²) in [6.45, 7) is 2.08. The number of likely N-dealkylation sites (tertiary alicyclic amines) is 1. The number of anilines is 1. The molecule has 2 aliphatic heterocycles. The minimum absolute atomic E-state index is 0.00497. The van der Waals surface area contributed by atoms with E-state index in [1.54, 1.807) is 11.2 Å². The summed E-state index contributed by atoms with van der Waals surface area (Å²) >= 11 is 0. The summed E-state index contributed by atoms with van der Waals surface area (Å²) in [7, 11) is 3.69. The van der Waals surface area contributed by atoms with Gasteiger partial charge in [-0.2, -0.15) is 0 Å². The number of carboxylic acids is 1. The molecule has 2 saturated heterocycles. The van der Waals surface area contributed by atoms with Crippen LogP contribution in [0.4, 0.5) is 5.82 Å². The summed E-state index contributed by atoms with van der Waals surface area (Å²) in [6, 6.07) is 2.00. The Bertz CT molecular complexity index is 735. The van der Waals surface area contributed by atoms with Gasteiger partial charge in [0.15, 0.2) is 0 Å². The number of nitrogens with zero attached hydrogens (tertiary/aromatic N) is 5. The summed E-state index contributed by atoms with van der Waals surface area (Å²) in [6.07, 6.45) is 3.92. The van der Waals surface area contributed by atoms with Gasteiger partial charge >= 0.3 is 5.97 Å². The average Bonchev–Trinajstić information content (AvgIpc) is 3.26. The molecule has 26 heavy (non-hydrogen) atoms. The number of aliphatic carboxylic acids is 1. The van der Waals surface area contributed by atoms with Crippen molar-refractivity contribution in [2.75, 3.05) is 51.7 Å². The van der Waals surface area contributed by atoms with Crippen LogP contribution in [-0.4, -0.2) is 83.6 Å². The van der Waals surface area contributed by atoms with E-state index in [4.69, 9.17) is 0 Å². The van der Waals surface area contributed by atoms with Gasteiger partial charge in [0.1, 0.15) is 17.6 Å². The van der Waals surface area contributed by atoms with Crippen LogP contribution in [0.15, 0.2) is 12.4 Å². The Hall–Kier alpha value is -2.22. The van der Waals surface area contributed by atoms with Crippen LogP contribution in [0.25, 0.3) is 0 Å². The van der Waals surface area contributed by atoms with Crippen molar-refractivity contribution in [3.8, 4) is 0 Å². The lowest BCUT2D eigenvalue weighted by molar-refractivity contribution is -0.148. The maximum atomic E-state index is 12.4. The van der Waals surface area contributed by atoms with E-state index in [-0.39, 0.29) is 18.4 Å². The molecule has 3 fully saturated rings. The summed E-state index contributed by atoms with van der Waals surface area (Å²) in [4.78, 5) is 38.8. The fourth-order valence-corrected chi connectivity index (χ4v) is 4.24. The first-order valence-corrected chi connectivity index (χ1v) is 9.12. The number of aromatic nitrogens is 2. The minimum Gasteiger partial charge on any atom is -0.481 e. The monoisotopic (exact) mass is 359 g/mol. The molecule has 4 rings (SSSR count). The third kappa shape index (κ3) is 2.92. The first kappa shape index (κ1) is 17.2. The molecule has 2 atom stereocenters. The molecule has 8 heteroatoms. The van der Waals surface area contributed by atoms with Crippen molar-refractivity contribution in [2.24, 2.45) is 11.3 Å². The number of hydrogen-bond donors (Lipinski definition) is 1. The normalized spacial score (nSPS) is 27.9. The highest BCUT2D eigenvalue weighted by molar-refractivity contribution is 5.83. The molecule has 3 aliphatic rings. The second kappa shape index (κ2) is 6.19. The second-order valence-corrected chi connectivity index (χ2v) is 8.13. The molecule has 0 bridgehead atoms. The molecule has 1 N–H and O–H groups in total. The third-order valence-corrected chi connectivity index (χ3v) is 5.83. The number of rotatable bonds is 5. The maximum Gasteiger partial charge on any atom is 0.313 e. The lowest BCUT2D eigenvalue weighted by atomic mass is 9.81. The van der Waals surface area contributed by atoms with Crippen molar-refractivity contribution in [3.63, 3.8) is 0 Å². The summed E-state index contributed by atoms with van der Waals surface area (Å²) < 4.78 is 0. The van der Waals surface area contributed by atoms with Gasteiger partial charge in [0.2, 0.25) is 5.91 Å². The van der Waals surface area contributed by atoms with E-state index < -0.39 is 11.4 Å². The highest BCUT2D eigenvalue weighted by Crippen LogP contribution is 2.45. The molecule has 0 aromatic carbocycles. The second-order valence-electron chi connectivity index (χ2n) is 8.13.